The number of nitrogens with zero attached hydrogens (tertiary/aromatic N) is 5. The first kappa shape index (κ1) is 30.4. The quantitative estimate of drug-likeness (QED) is 0.370. The molecule has 0 atom stereocenters. The molecule has 1 amide bonds. The van der Waals surface area contributed by atoms with Crippen LogP contribution in [0.25, 0.3) is 0 Å². The minimum Gasteiger partial charge on any atom is -0.369 e. The molecule has 0 aliphatic carbocycles. The minimum atomic E-state index is -4.03. The Hall–Kier alpha value is -3.60. The van der Waals surface area contributed by atoms with Gasteiger partial charge in [0, 0.05) is 58.5 Å². The molecule has 1 N–H and O–H groups in total. The van der Waals surface area contributed by atoms with Crippen molar-refractivity contribution in [2.24, 2.45) is 0 Å². The van der Waals surface area contributed by atoms with Gasteiger partial charge in [-0.05, 0) is 64.5 Å². The molecule has 0 spiro atoms. The van der Waals surface area contributed by atoms with Crippen molar-refractivity contribution in [3.05, 3.63) is 78.4 Å². The van der Waals surface area contributed by atoms with Crippen LogP contribution in [0.3, 0.4) is 0 Å². The smallest absolute Gasteiger partial charge is 0.266 e. The van der Waals surface area contributed by atoms with Crippen molar-refractivity contribution in [2.75, 3.05) is 93.4 Å². The van der Waals surface area contributed by atoms with Crippen LogP contribution in [-0.2, 0) is 10.0 Å². The number of nitrogens with one attached hydrogen (secondary N) is 1. The predicted octanol–water partition coefficient (Wildman–Crippen LogP) is 3.90. The van der Waals surface area contributed by atoms with Crippen molar-refractivity contribution in [1.82, 2.24) is 9.80 Å². The van der Waals surface area contributed by atoms with Crippen LogP contribution in [0.15, 0.2) is 77.7 Å². The monoisotopic (exact) mass is 578 g/mol. The highest BCUT2D eigenvalue weighted by atomic mass is 32.2. The third kappa shape index (κ3) is 7.19. The maximum absolute atomic E-state index is 14.3. The zero-order chi connectivity index (χ0) is 29.6. The number of benzene rings is 3. The number of hydrogen-bond acceptors (Lipinski definition) is 7. The van der Waals surface area contributed by atoms with E-state index in [4.69, 9.17) is 0 Å². The second kappa shape index (κ2) is 13.4. The maximum Gasteiger partial charge on any atom is 0.266 e. The van der Waals surface area contributed by atoms with Gasteiger partial charge in [-0.1, -0.05) is 36.4 Å². The molecule has 3 aromatic rings. The van der Waals surface area contributed by atoms with E-state index in [0.29, 0.717) is 35.7 Å². The summed E-state index contributed by atoms with van der Waals surface area (Å²) in [5, 5.41) is 2.98. The van der Waals surface area contributed by atoms with Crippen LogP contribution >= 0.6 is 0 Å². The topological polar surface area (TPSA) is 79.4 Å². The van der Waals surface area contributed by atoms with E-state index >= 15 is 0 Å². The number of para-hydroxylation sites is 2. The van der Waals surface area contributed by atoms with E-state index in [0.717, 1.165) is 38.4 Å². The number of amides is 1. The van der Waals surface area contributed by atoms with Gasteiger partial charge in [0.05, 0.1) is 22.6 Å². The van der Waals surface area contributed by atoms with E-state index in [1.165, 1.54) is 4.31 Å². The number of rotatable bonds is 11. The first-order valence-corrected chi connectivity index (χ1v) is 15.5. The molecule has 10 heteroatoms. The van der Waals surface area contributed by atoms with Gasteiger partial charge in [0.2, 0.25) is 0 Å². The van der Waals surface area contributed by atoms with Crippen molar-refractivity contribution < 1.29 is 13.2 Å². The Morgan fingerprint density at radius 1 is 0.878 bits per heavy atom. The molecule has 0 radical (unpaired) electrons. The third-order valence-corrected chi connectivity index (χ3v) is 9.31. The van der Waals surface area contributed by atoms with Gasteiger partial charge in [0.25, 0.3) is 15.9 Å². The van der Waals surface area contributed by atoms with Crippen LogP contribution in [-0.4, -0.2) is 98.1 Å². The lowest BCUT2D eigenvalue weighted by molar-refractivity contribution is 0.102. The molecule has 1 aliphatic heterocycles. The molecule has 1 saturated heterocycles. The lowest BCUT2D eigenvalue weighted by Gasteiger charge is -2.36. The second-order valence-electron chi connectivity index (χ2n) is 10.6. The lowest BCUT2D eigenvalue weighted by atomic mass is 10.1. The Balaban J connectivity index is 1.90. The zero-order valence-corrected chi connectivity index (χ0v) is 25.6. The van der Waals surface area contributed by atoms with Gasteiger partial charge in [-0.25, -0.2) is 8.42 Å². The normalized spacial score (nSPS) is 14.2. The second-order valence-corrected chi connectivity index (χ2v) is 12.6. The first-order valence-electron chi connectivity index (χ1n) is 14.0. The molecule has 0 aromatic heterocycles. The molecule has 1 aliphatic rings. The number of sulfonamides is 1. The predicted molar refractivity (Wildman–Crippen MR) is 169 cm³/mol. The van der Waals surface area contributed by atoms with E-state index < -0.39 is 10.0 Å². The standard InChI is InChI=1S/C31H42N6O3S/c1-6-36(20-17-33(2)3)29-24-28(37-21-18-34(4)19-22-37)27(31(38)32-25-13-9-7-10-14-25)23-30(29)41(39,40)35(5)26-15-11-8-12-16-26/h7-16,23-24H,6,17-22H2,1-5H3,(H,32,38). The van der Waals surface area contributed by atoms with Crippen molar-refractivity contribution >= 4 is 38.7 Å². The SMILES string of the molecule is CCN(CCN(C)C)c1cc(N2CCN(C)CC2)c(C(=O)Nc2ccccc2)cc1S(=O)(=O)N(C)c1ccccc1. The molecule has 9 nitrogen and oxygen atoms in total. The zero-order valence-electron chi connectivity index (χ0n) is 24.7. The molecule has 4 rings (SSSR count). The minimum absolute atomic E-state index is 0.112. The van der Waals surface area contributed by atoms with E-state index in [9.17, 15) is 13.2 Å². The van der Waals surface area contributed by atoms with E-state index in [-0.39, 0.29) is 10.8 Å². The third-order valence-electron chi connectivity index (χ3n) is 7.50. The number of likely N-dealkylation sites (N-methyl/N-ethyl adjacent to an activating group) is 3. The highest BCUT2D eigenvalue weighted by Gasteiger charge is 2.31. The van der Waals surface area contributed by atoms with Crippen molar-refractivity contribution in [1.29, 1.82) is 0 Å². The summed E-state index contributed by atoms with van der Waals surface area (Å²) < 4.78 is 29.9. The highest BCUT2D eigenvalue weighted by molar-refractivity contribution is 7.93. The van der Waals surface area contributed by atoms with Crippen LogP contribution in [0.4, 0.5) is 22.7 Å². The summed E-state index contributed by atoms with van der Waals surface area (Å²) in [6, 6.07) is 21.7. The van der Waals surface area contributed by atoms with Gasteiger partial charge in [-0.15, -0.1) is 0 Å². The van der Waals surface area contributed by atoms with Gasteiger partial charge in [0.1, 0.15) is 4.90 Å². The van der Waals surface area contributed by atoms with Gasteiger partial charge in [-0.3, -0.25) is 9.10 Å². The molecule has 220 valence electrons. The van der Waals surface area contributed by atoms with Crippen LogP contribution in [0.5, 0.6) is 0 Å². The Kier molecular flexibility index (Phi) is 9.90. The molecule has 1 fully saturated rings. The summed E-state index contributed by atoms with van der Waals surface area (Å²) in [5.74, 6) is -0.341. The Bertz CT molecular complexity index is 1410. The summed E-state index contributed by atoms with van der Waals surface area (Å²) in [4.78, 5) is 22.6. The molecule has 3 aromatic carbocycles. The number of hydrogen-bond donors (Lipinski definition) is 1. The van der Waals surface area contributed by atoms with Crippen molar-refractivity contribution in [3.63, 3.8) is 0 Å². The Morgan fingerprint density at radius 3 is 2.07 bits per heavy atom. The fraction of sp³-hybridized carbons (Fsp3) is 0.387. The number of carbonyl (C=O) groups excluding carboxylic acids is 1. The Labute approximate surface area is 245 Å². The molecule has 1 heterocycles. The molecule has 41 heavy (non-hydrogen) atoms. The average molecular weight is 579 g/mol. The van der Waals surface area contributed by atoms with Crippen molar-refractivity contribution in [3.8, 4) is 0 Å². The van der Waals surface area contributed by atoms with Crippen molar-refractivity contribution in [2.45, 2.75) is 11.8 Å². The molecule has 0 saturated carbocycles. The fourth-order valence-corrected chi connectivity index (χ4v) is 6.33. The largest absolute Gasteiger partial charge is 0.369 e. The van der Waals surface area contributed by atoms with Crippen LogP contribution in [0.2, 0.25) is 0 Å². The van der Waals surface area contributed by atoms with Crippen LogP contribution in [0, 0.1) is 0 Å². The van der Waals surface area contributed by atoms with E-state index in [2.05, 4.69) is 32.0 Å². The summed E-state index contributed by atoms with van der Waals surface area (Å²) in [5.41, 5.74) is 2.88. The molecule has 0 bridgehead atoms. The summed E-state index contributed by atoms with van der Waals surface area (Å²) in [7, 11) is 3.61. The van der Waals surface area contributed by atoms with Gasteiger partial charge in [-0.2, -0.15) is 0 Å². The van der Waals surface area contributed by atoms with Gasteiger partial charge >= 0.3 is 0 Å². The average Bonchev–Trinajstić information content (AvgIpc) is 2.98. The Morgan fingerprint density at radius 2 is 1.49 bits per heavy atom. The summed E-state index contributed by atoms with van der Waals surface area (Å²) in [6.45, 7) is 7.21. The number of carbonyl (C=O) groups is 1. The fourth-order valence-electron chi connectivity index (χ4n) is 4.92. The summed E-state index contributed by atoms with van der Waals surface area (Å²) >= 11 is 0. The molecular weight excluding hydrogens is 536 g/mol. The van der Waals surface area contributed by atoms with E-state index in [1.807, 2.05) is 75.6 Å². The molecular formula is C31H42N6O3S. The van der Waals surface area contributed by atoms with Crippen LogP contribution in [0.1, 0.15) is 17.3 Å². The van der Waals surface area contributed by atoms with Gasteiger partial charge < -0.3 is 24.9 Å². The molecule has 0 unspecified atom stereocenters. The first-order chi connectivity index (χ1) is 19.6. The van der Waals surface area contributed by atoms with Gasteiger partial charge in [0.15, 0.2) is 0 Å². The lowest BCUT2D eigenvalue weighted by Crippen LogP contribution is -2.45. The van der Waals surface area contributed by atoms with E-state index in [1.54, 1.807) is 25.2 Å². The summed E-state index contributed by atoms with van der Waals surface area (Å²) in [6.07, 6.45) is 0. The number of piperazine rings is 1. The van der Waals surface area contributed by atoms with Crippen LogP contribution < -0.4 is 19.4 Å². The number of anilines is 4. The maximum atomic E-state index is 14.3. The highest BCUT2D eigenvalue weighted by Crippen LogP contribution is 2.37.